The van der Waals surface area contributed by atoms with Crippen molar-refractivity contribution in [3.63, 3.8) is 0 Å². The number of anilines is 1. The quantitative estimate of drug-likeness (QED) is 0.837. The molecule has 7 nitrogen and oxygen atoms in total. The number of aromatic nitrogens is 1. The molecule has 0 bridgehead atoms. The van der Waals surface area contributed by atoms with Crippen LogP contribution in [0.15, 0.2) is 22.6 Å². The Morgan fingerprint density at radius 3 is 2.86 bits per heavy atom. The molecule has 1 heterocycles. The highest BCUT2D eigenvalue weighted by atomic mass is 16.4. The summed E-state index contributed by atoms with van der Waals surface area (Å²) in [5.74, 6) is -1.14. The third kappa shape index (κ3) is 3.50. The maximum atomic E-state index is 11.6. The maximum Gasteiger partial charge on any atom is 0.335 e. The summed E-state index contributed by atoms with van der Waals surface area (Å²) in [7, 11) is 1.69. The number of likely N-dealkylation sites (N-methyl/N-ethyl adjacent to an activating group) is 1. The Labute approximate surface area is 121 Å². The zero-order valence-corrected chi connectivity index (χ0v) is 11.9. The van der Waals surface area contributed by atoms with Crippen LogP contribution in [0.4, 0.5) is 6.01 Å². The molecule has 112 valence electrons. The van der Waals surface area contributed by atoms with Crippen molar-refractivity contribution in [3.8, 4) is 0 Å². The maximum absolute atomic E-state index is 11.6. The topological polar surface area (TPSA) is 95.7 Å². The smallest absolute Gasteiger partial charge is 0.335 e. The van der Waals surface area contributed by atoms with Crippen molar-refractivity contribution in [2.45, 2.75) is 13.3 Å². The predicted octanol–water partition coefficient (Wildman–Crippen LogP) is 1.49. The van der Waals surface area contributed by atoms with Crippen LogP contribution >= 0.6 is 0 Å². The largest absolute Gasteiger partial charge is 0.478 e. The van der Waals surface area contributed by atoms with Gasteiger partial charge in [0.05, 0.1) is 5.56 Å². The van der Waals surface area contributed by atoms with Crippen LogP contribution in [0.25, 0.3) is 11.1 Å². The van der Waals surface area contributed by atoms with E-state index in [1.165, 1.54) is 12.1 Å². The van der Waals surface area contributed by atoms with E-state index in [4.69, 9.17) is 9.52 Å². The molecule has 0 aliphatic carbocycles. The van der Waals surface area contributed by atoms with Crippen molar-refractivity contribution in [1.29, 1.82) is 0 Å². The van der Waals surface area contributed by atoms with Gasteiger partial charge in [0.25, 0.3) is 6.01 Å². The number of aromatic carboxylic acids is 1. The highest BCUT2D eigenvalue weighted by Gasteiger charge is 2.14. The van der Waals surface area contributed by atoms with Crippen LogP contribution in [-0.2, 0) is 4.79 Å². The zero-order valence-electron chi connectivity index (χ0n) is 11.9. The summed E-state index contributed by atoms with van der Waals surface area (Å²) in [6, 6.07) is 4.74. The number of fused-ring (bicyclic) bond motifs is 1. The molecule has 1 aromatic heterocycles. The number of nitrogens with one attached hydrogen (secondary N) is 1. The minimum absolute atomic E-state index is 0.118. The SMILES string of the molecule is CCCNC(=O)CN(C)c1nc2ccc(C(=O)O)cc2o1. The van der Waals surface area contributed by atoms with Crippen LogP contribution in [0.3, 0.4) is 0 Å². The second kappa shape index (κ2) is 6.25. The molecule has 1 amide bonds. The van der Waals surface area contributed by atoms with Crippen LogP contribution in [-0.4, -0.2) is 42.1 Å². The third-order valence-electron chi connectivity index (χ3n) is 2.90. The molecule has 21 heavy (non-hydrogen) atoms. The van der Waals surface area contributed by atoms with E-state index in [1.807, 2.05) is 6.92 Å². The molecule has 0 saturated carbocycles. The number of nitrogens with zero attached hydrogens (tertiary/aromatic N) is 2. The third-order valence-corrected chi connectivity index (χ3v) is 2.90. The van der Waals surface area contributed by atoms with E-state index in [0.717, 1.165) is 6.42 Å². The van der Waals surface area contributed by atoms with Gasteiger partial charge >= 0.3 is 5.97 Å². The first-order valence-corrected chi connectivity index (χ1v) is 6.63. The molecule has 2 aromatic rings. The minimum atomic E-state index is -1.03. The normalized spacial score (nSPS) is 10.6. The predicted molar refractivity (Wildman–Crippen MR) is 77.5 cm³/mol. The number of hydrogen-bond acceptors (Lipinski definition) is 5. The average Bonchev–Trinajstić information content (AvgIpc) is 2.87. The molecular weight excluding hydrogens is 274 g/mol. The summed E-state index contributed by atoms with van der Waals surface area (Å²) >= 11 is 0. The van der Waals surface area contributed by atoms with Gasteiger partial charge in [-0.3, -0.25) is 4.79 Å². The molecule has 0 radical (unpaired) electrons. The van der Waals surface area contributed by atoms with Gasteiger partial charge in [-0.25, -0.2) is 4.79 Å². The van der Waals surface area contributed by atoms with E-state index in [1.54, 1.807) is 18.0 Å². The average molecular weight is 291 g/mol. The van der Waals surface area contributed by atoms with Crippen LogP contribution in [0.2, 0.25) is 0 Å². The van der Waals surface area contributed by atoms with Crippen molar-refractivity contribution in [1.82, 2.24) is 10.3 Å². The number of amides is 1. The van der Waals surface area contributed by atoms with Crippen molar-refractivity contribution in [3.05, 3.63) is 23.8 Å². The van der Waals surface area contributed by atoms with Crippen LogP contribution in [0.1, 0.15) is 23.7 Å². The first-order chi connectivity index (χ1) is 10.0. The Morgan fingerprint density at radius 1 is 1.43 bits per heavy atom. The Bertz CT molecular complexity index is 665. The van der Waals surface area contributed by atoms with Gasteiger partial charge in [0.1, 0.15) is 12.1 Å². The number of carbonyl (C=O) groups excluding carboxylic acids is 1. The lowest BCUT2D eigenvalue weighted by Crippen LogP contribution is -2.35. The van der Waals surface area contributed by atoms with Crippen LogP contribution in [0, 0.1) is 0 Å². The zero-order chi connectivity index (χ0) is 15.4. The number of carboxylic acids is 1. The van der Waals surface area contributed by atoms with Crippen molar-refractivity contribution < 1.29 is 19.1 Å². The van der Waals surface area contributed by atoms with Gasteiger partial charge < -0.3 is 19.7 Å². The summed E-state index contributed by atoms with van der Waals surface area (Å²) < 4.78 is 5.50. The van der Waals surface area contributed by atoms with Crippen molar-refractivity contribution in [2.24, 2.45) is 0 Å². The lowest BCUT2D eigenvalue weighted by Gasteiger charge is -2.13. The van der Waals surface area contributed by atoms with E-state index in [2.05, 4.69) is 10.3 Å². The number of oxazole rings is 1. The Kier molecular flexibility index (Phi) is 4.42. The summed E-state index contributed by atoms with van der Waals surface area (Å²) in [5.41, 5.74) is 1.06. The molecule has 0 aliphatic heterocycles. The Morgan fingerprint density at radius 2 is 2.19 bits per heavy atom. The molecule has 0 atom stereocenters. The van der Waals surface area contributed by atoms with E-state index in [9.17, 15) is 9.59 Å². The molecule has 0 fully saturated rings. The summed E-state index contributed by atoms with van der Waals surface area (Å²) in [6.45, 7) is 2.73. The van der Waals surface area contributed by atoms with E-state index in [-0.39, 0.29) is 24.0 Å². The first-order valence-electron chi connectivity index (χ1n) is 6.63. The van der Waals surface area contributed by atoms with E-state index in [0.29, 0.717) is 17.6 Å². The molecule has 0 spiro atoms. The number of hydrogen-bond donors (Lipinski definition) is 2. The molecule has 0 unspecified atom stereocenters. The minimum Gasteiger partial charge on any atom is -0.478 e. The van der Waals surface area contributed by atoms with Gasteiger partial charge in [0.15, 0.2) is 5.58 Å². The first kappa shape index (κ1) is 14.8. The van der Waals surface area contributed by atoms with Gasteiger partial charge in [-0.15, -0.1) is 0 Å². The fourth-order valence-electron chi connectivity index (χ4n) is 1.81. The molecule has 2 rings (SSSR count). The van der Waals surface area contributed by atoms with Crippen molar-refractivity contribution in [2.75, 3.05) is 25.0 Å². The monoisotopic (exact) mass is 291 g/mol. The van der Waals surface area contributed by atoms with Crippen LogP contribution < -0.4 is 10.2 Å². The van der Waals surface area contributed by atoms with Crippen molar-refractivity contribution >= 4 is 29.0 Å². The Hall–Kier alpha value is -2.57. The number of benzene rings is 1. The summed E-state index contributed by atoms with van der Waals surface area (Å²) in [4.78, 5) is 28.4. The molecule has 0 aliphatic rings. The van der Waals surface area contributed by atoms with E-state index >= 15 is 0 Å². The number of carbonyl (C=O) groups is 2. The highest BCUT2D eigenvalue weighted by Crippen LogP contribution is 2.22. The summed E-state index contributed by atoms with van der Waals surface area (Å²) in [5, 5.41) is 11.7. The van der Waals surface area contributed by atoms with Gasteiger partial charge in [-0.1, -0.05) is 6.92 Å². The summed E-state index contributed by atoms with van der Waals surface area (Å²) in [6.07, 6.45) is 0.871. The van der Waals surface area contributed by atoms with E-state index < -0.39 is 5.97 Å². The number of rotatable bonds is 6. The van der Waals surface area contributed by atoms with Gasteiger partial charge in [-0.05, 0) is 24.6 Å². The molecule has 0 saturated heterocycles. The fourth-order valence-corrected chi connectivity index (χ4v) is 1.81. The second-order valence-electron chi connectivity index (χ2n) is 4.69. The fraction of sp³-hybridized carbons (Fsp3) is 0.357. The van der Waals surface area contributed by atoms with Crippen LogP contribution in [0.5, 0.6) is 0 Å². The molecule has 2 N–H and O–H groups in total. The number of carboxylic acid groups (broad SMARTS) is 1. The molecule has 1 aromatic carbocycles. The molecule has 7 heteroatoms. The lowest BCUT2D eigenvalue weighted by molar-refractivity contribution is -0.119. The molecular formula is C14H17N3O4. The highest BCUT2D eigenvalue weighted by molar-refractivity contribution is 5.92. The second-order valence-corrected chi connectivity index (χ2v) is 4.69. The van der Waals surface area contributed by atoms with Gasteiger partial charge in [0, 0.05) is 13.6 Å². The Balaban J connectivity index is 2.14. The van der Waals surface area contributed by atoms with Gasteiger partial charge in [-0.2, -0.15) is 4.98 Å². The van der Waals surface area contributed by atoms with Gasteiger partial charge in [0.2, 0.25) is 5.91 Å². The standard InChI is InChI=1S/C14H17N3O4/c1-3-6-15-12(18)8-17(2)14-16-10-5-4-9(13(19)20)7-11(10)21-14/h4-5,7H,3,6,8H2,1-2H3,(H,15,18)(H,19,20). The lowest BCUT2D eigenvalue weighted by atomic mass is 10.2.